The minimum Gasteiger partial charge on any atom is -0.463 e. The lowest BCUT2D eigenvalue weighted by atomic mass is 10.2. The average Bonchev–Trinajstić information content (AvgIpc) is 2.70. The van der Waals surface area contributed by atoms with Gasteiger partial charge in [-0.05, 0) is 33.3 Å². The molecule has 0 radical (unpaired) electrons. The maximum absolute atomic E-state index is 11.3. The number of halogens is 2. The van der Waals surface area contributed by atoms with Crippen molar-refractivity contribution in [3.05, 3.63) is 61.3 Å². The Bertz CT molecular complexity index is 679. The van der Waals surface area contributed by atoms with E-state index in [2.05, 4.69) is 0 Å². The Hall–Kier alpha value is -1.29. The van der Waals surface area contributed by atoms with Gasteiger partial charge >= 0.3 is 5.97 Å². The number of carbonyl (C=O) groups is 1. The Kier molecular flexibility index (Phi) is 8.38. The second-order valence-corrected chi connectivity index (χ2v) is 7.11. The molecule has 0 saturated carbocycles. The van der Waals surface area contributed by atoms with Crippen molar-refractivity contribution in [1.82, 2.24) is 0 Å². The van der Waals surface area contributed by atoms with Crippen molar-refractivity contribution in [2.45, 2.75) is 27.7 Å². The van der Waals surface area contributed by atoms with E-state index in [1.165, 1.54) is 17.4 Å². The molecule has 0 spiro atoms. The second kappa shape index (κ2) is 9.76. The first-order valence-corrected chi connectivity index (χ1v) is 8.74. The van der Waals surface area contributed by atoms with E-state index in [0.29, 0.717) is 16.0 Å². The molecule has 124 valence electrons. The van der Waals surface area contributed by atoms with E-state index in [0.717, 1.165) is 21.6 Å². The fourth-order valence-electron chi connectivity index (χ4n) is 1.69. The number of hydrogen-bond donors (Lipinski definition) is 0. The zero-order valence-corrected chi connectivity index (χ0v) is 16.0. The molecular formula is C18H20Cl2O2S. The molecule has 0 aromatic carbocycles. The van der Waals surface area contributed by atoms with Crippen LogP contribution < -0.4 is 0 Å². The lowest BCUT2D eigenvalue weighted by Gasteiger charge is -1.96. The molecule has 0 aliphatic carbocycles. The maximum Gasteiger partial charge on any atom is 0.330 e. The normalized spacial score (nSPS) is 13.3. The van der Waals surface area contributed by atoms with Gasteiger partial charge in [-0.2, -0.15) is 0 Å². The molecule has 0 bridgehead atoms. The first-order chi connectivity index (χ1) is 10.8. The van der Waals surface area contributed by atoms with E-state index in [1.807, 2.05) is 51.2 Å². The van der Waals surface area contributed by atoms with Crippen LogP contribution in [-0.2, 0) is 9.53 Å². The summed E-state index contributed by atoms with van der Waals surface area (Å²) >= 11 is 13.8. The number of rotatable bonds is 6. The summed E-state index contributed by atoms with van der Waals surface area (Å²) in [5, 5.41) is 0.702. The summed E-state index contributed by atoms with van der Waals surface area (Å²) in [5.74, 6) is -0.327. The number of hydrogen-bond acceptors (Lipinski definition) is 3. The molecule has 0 aliphatic rings. The molecule has 23 heavy (non-hydrogen) atoms. The van der Waals surface area contributed by atoms with E-state index in [1.54, 1.807) is 6.92 Å². The molecule has 0 N–H and O–H groups in total. The monoisotopic (exact) mass is 370 g/mol. The third-order valence-electron chi connectivity index (χ3n) is 2.86. The molecular weight excluding hydrogens is 351 g/mol. The Morgan fingerprint density at radius 3 is 2.48 bits per heavy atom. The fourth-order valence-corrected chi connectivity index (χ4v) is 3.32. The summed E-state index contributed by atoms with van der Waals surface area (Å²) in [4.78, 5) is 12.3. The fraction of sp³-hybridized carbons (Fsp3) is 0.278. The predicted octanol–water partition coefficient (Wildman–Crippen LogP) is 6.39. The molecule has 1 rings (SSSR count). The van der Waals surface area contributed by atoms with Crippen molar-refractivity contribution in [3.63, 3.8) is 0 Å². The van der Waals surface area contributed by atoms with Crippen molar-refractivity contribution in [2.75, 3.05) is 6.61 Å². The van der Waals surface area contributed by atoms with Crippen molar-refractivity contribution >= 4 is 46.6 Å². The van der Waals surface area contributed by atoms with Crippen LogP contribution in [0.4, 0.5) is 0 Å². The summed E-state index contributed by atoms with van der Waals surface area (Å²) in [7, 11) is 0. The SMILES string of the molecule is CCOC(=O)/C=C(\C)C=CC=C(C)C=Cc1c(Cl)sc(C)c1Cl. The first kappa shape index (κ1) is 19.8. The third-order valence-corrected chi connectivity index (χ3v) is 4.81. The highest BCUT2D eigenvalue weighted by atomic mass is 35.5. The van der Waals surface area contributed by atoms with Gasteiger partial charge in [0, 0.05) is 16.5 Å². The lowest BCUT2D eigenvalue weighted by Crippen LogP contribution is -1.99. The van der Waals surface area contributed by atoms with Crippen LogP contribution in [0.2, 0.25) is 9.36 Å². The summed E-state index contributed by atoms with van der Waals surface area (Å²) in [6.45, 7) is 7.93. The second-order valence-electron chi connectivity index (χ2n) is 4.90. The van der Waals surface area contributed by atoms with Gasteiger partial charge in [-0.1, -0.05) is 59.2 Å². The summed E-state index contributed by atoms with van der Waals surface area (Å²) < 4.78 is 5.55. The van der Waals surface area contributed by atoms with E-state index in [4.69, 9.17) is 27.9 Å². The molecule has 0 fully saturated rings. The van der Waals surface area contributed by atoms with Crippen LogP contribution in [0.1, 0.15) is 31.2 Å². The molecule has 0 atom stereocenters. The number of thiophene rings is 1. The van der Waals surface area contributed by atoms with Gasteiger partial charge in [-0.25, -0.2) is 4.79 Å². The molecule has 5 heteroatoms. The average molecular weight is 371 g/mol. The number of ether oxygens (including phenoxy) is 1. The topological polar surface area (TPSA) is 26.3 Å². The summed E-state index contributed by atoms with van der Waals surface area (Å²) in [6.07, 6.45) is 11.0. The number of esters is 1. The van der Waals surface area contributed by atoms with E-state index < -0.39 is 0 Å². The minimum atomic E-state index is -0.327. The third kappa shape index (κ3) is 6.78. The van der Waals surface area contributed by atoms with Gasteiger partial charge in [0.05, 0.1) is 11.6 Å². The van der Waals surface area contributed by atoms with Gasteiger partial charge < -0.3 is 4.74 Å². The van der Waals surface area contributed by atoms with Crippen molar-refractivity contribution in [1.29, 1.82) is 0 Å². The smallest absolute Gasteiger partial charge is 0.330 e. The van der Waals surface area contributed by atoms with Gasteiger partial charge in [0.1, 0.15) is 4.34 Å². The zero-order chi connectivity index (χ0) is 17.4. The van der Waals surface area contributed by atoms with Crippen LogP contribution in [0, 0.1) is 6.92 Å². The molecule has 1 aromatic rings. The van der Waals surface area contributed by atoms with Crippen molar-refractivity contribution in [3.8, 4) is 0 Å². The predicted molar refractivity (Wildman–Crippen MR) is 101 cm³/mol. The van der Waals surface area contributed by atoms with Crippen LogP contribution in [0.3, 0.4) is 0 Å². The minimum absolute atomic E-state index is 0.327. The first-order valence-electron chi connectivity index (χ1n) is 7.17. The highest BCUT2D eigenvalue weighted by Crippen LogP contribution is 2.36. The van der Waals surface area contributed by atoms with E-state index in [9.17, 15) is 4.79 Å². The Labute approximate surface area is 151 Å². The lowest BCUT2D eigenvalue weighted by molar-refractivity contribution is -0.137. The zero-order valence-electron chi connectivity index (χ0n) is 13.7. The molecule has 2 nitrogen and oxygen atoms in total. The number of aryl methyl sites for hydroxylation is 1. The largest absolute Gasteiger partial charge is 0.463 e. The summed E-state index contributed by atoms with van der Waals surface area (Å²) in [5.41, 5.74) is 2.73. The van der Waals surface area contributed by atoms with Crippen molar-refractivity contribution in [2.24, 2.45) is 0 Å². The van der Waals surface area contributed by atoms with Crippen LogP contribution in [0.25, 0.3) is 6.08 Å². The van der Waals surface area contributed by atoms with Crippen molar-refractivity contribution < 1.29 is 9.53 Å². The van der Waals surface area contributed by atoms with E-state index in [-0.39, 0.29) is 5.97 Å². The molecule has 0 saturated heterocycles. The quantitative estimate of drug-likeness (QED) is 0.329. The molecule has 0 unspecified atom stereocenters. The summed E-state index contributed by atoms with van der Waals surface area (Å²) in [6, 6.07) is 0. The number of allylic oxidation sites excluding steroid dienone is 6. The van der Waals surface area contributed by atoms with Gasteiger partial charge in [0.25, 0.3) is 0 Å². The van der Waals surface area contributed by atoms with E-state index >= 15 is 0 Å². The van der Waals surface area contributed by atoms with Crippen LogP contribution in [0.5, 0.6) is 0 Å². The van der Waals surface area contributed by atoms with Crippen LogP contribution in [0.15, 0.2) is 41.5 Å². The highest BCUT2D eigenvalue weighted by Gasteiger charge is 2.09. The van der Waals surface area contributed by atoms with Crippen LogP contribution >= 0.6 is 34.5 Å². The van der Waals surface area contributed by atoms with Gasteiger partial charge in [-0.15, -0.1) is 11.3 Å². The molecule has 1 heterocycles. The highest BCUT2D eigenvalue weighted by molar-refractivity contribution is 7.17. The Morgan fingerprint density at radius 1 is 1.22 bits per heavy atom. The van der Waals surface area contributed by atoms with Gasteiger partial charge in [0.15, 0.2) is 0 Å². The molecule has 0 amide bonds. The maximum atomic E-state index is 11.3. The Morgan fingerprint density at radius 2 is 1.91 bits per heavy atom. The standard InChI is InChI=1S/C18H20Cl2O2S/c1-5-22-16(21)11-13(3)8-6-7-12(2)9-10-15-17(19)14(4)23-18(15)20/h6-11H,5H2,1-4H3/b8-6?,10-9?,12-7?,13-11+. The van der Waals surface area contributed by atoms with Crippen LogP contribution in [-0.4, -0.2) is 12.6 Å². The Balaban J connectivity index is 2.72. The van der Waals surface area contributed by atoms with Gasteiger partial charge in [-0.3, -0.25) is 0 Å². The molecule has 0 aliphatic heterocycles. The molecule has 1 aromatic heterocycles. The van der Waals surface area contributed by atoms with Gasteiger partial charge in [0.2, 0.25) is 0 Å². The number of carbonyl (C=O) groups excluding carboxylic acids is 1.